The number of carbonyl (C=O) groups is 3. The molecule has 2 N–H and O–H groups in total. The molecule has 1 fully saturated rings. The monoisotopic (exact) mass is 267 g/mol. The Balaban J connectivity index is 1.95. The van der Waals surface area contributed by atoms with Crippen LogP contribution in [0.1, 0.15) is 17.4 Å². The molecule has 0 radical (unpaired) electrons. The van der Waals surface area contributed by atoms with Gasteiger partial charge in [0.15, 0.2) is 5.69 Å². The van der Waals surface area contributed by atoms with Gasteiger partial charge in [-0.05, 0) is 6.92 Å². The Hall–Kier alpha value is -2.29. The highest BCUT2D eigenvalue weighted by atomic mass is 16.4. The Kier molecular flexibility index (Phi) is 3.56. The molecule has 0 aliphatic carbocycles. The standard InChI is InChI=1S/C10H13N5O4/c1-6-9(17)11-8(16)5-14(6)2-3-15-4-7(10(18)19)12-13-15/h4,6H,2-3,5H2,1H3,(H,18,19)(H,11,16,17). The fraction of sp³-hybridized carbons (Fsp3) is 0.500. The van der Waals surface area contributed by atoms with Gasteiger partial charge in [-0.3, -0.25) is 24.5 Å². The molecule has 1 atom stereocenters. The summed E-state index contributed by atoms with van der Waals surface area (Å²) in [6.45, 7) is 2.59. The summed E-state index contributed by atoms with van der Waals surface area (Å²) in [5, 5.41) is 18.1. The molecule has 2 amide bonds. The van der Waals surface area contributed by atoms with Crippen molar-refractivity contribution in [1.82, 2.24) is 25.2 Å². The van der Waals surface area contributed by atoms with Crippen LogP contribution in [0, 0.1) is 0 Å². The molecular formula is C10H13N5O4. The van der Waals surface area contributed by atoms with E-state index in [1.54, 1.807) is 11.8 Å². The van der Waals surface area contributed by atoms with Crippen molar-refractivity contribution in [2.75, 3.05) is 13.1 Å². The molecule has 0 saturated carbocycles. The van der Waals surface area contributed by atoms with Crippen LogP contribution in [0.25, 0.3) is 0 Å². The minimum Gasteiger partial charge on any atom is -0.476 e. The molecule has 1 saturated heterocycles. The Labute approximate surface area is 108 Å². The van der Waals surface area contributed by atoms with E-state index in [1.165, 1.54) is 10.9 Å². The second-order valence-corrected chi connectivity index (χ2v) is 4.23. The molecular weight excluding hydrogens is 254 g/mol. The van der Waals surface area contributed by atoms with Crippen molar-refractivity contribution < 1.29 is 19.5 Å². The zero-order valence-electron chi connectivity index (χ0n) is 10.2. The first kappa shape index (κ1) is 13.1. The lowest BCUT2D eigenvalue weighted by atomic mass is 10.2. The van der Waals surface area contributed by atoms with Crippen molar-refractivity contribution in [3.63, 3.8) is 0 Å². The Morgan fingerprint density at radius 1 is 1.53 bits per heavy atom. The van der Waals surface area contributed by atoms with Gasteiger partial charge in [0.2, 0.25) is 11.8 Å². The number of rotatable bonds is 4. The molecule has 2 rings (SSSR count). The Morgan fingerprint density at radius 3 is 2.89 bits per heavy atom. The summed E-state index contributed by atoms with van der Waals surface area (Å²) in [6.07, 6.45) is 1.30. The van der Waals surface area contributed by atoms with E-state index in [2.05, 4.69) is 15.6 Å². The van der Waals surface area contributed by atoms with Crippen LogP contribution in [-0.2, 0) is 16.1 Å². The lowest BCUT2D eigenvalue weighted by molar-refractivity contribution is -0.139. The Bertz CT molecular complexity index is 526. The van der Waals surface area contributed by atoms with Crippen LogP contribution in [0.4, 0.5) is 0 Å². The number of hydrogen-bond donors (Lipinski definition) is 2. The Morgan fingerprint density at radius 2 is 2.26 bits per heavy atom. The van der Waals surface area contributed by atoms with Gasteiger partial charge in [-0.1, -0.05) is 5.21 Å². The quantitative estimate of drug-likeness (QED) is 0.626. The highest BCUT2D eigenvalue weighted by Crippen LogP contribution is 2.04. The zero-order valence-corrected chi connectivity index (χ0v) is 10.2. The van der Waals surface area contributed by atoms with Crippen molar-refractivity contribution in [2.45, 2.75) is 19.5 Å². The summed E-state index contributed by atoms with van der Waals surface area (Å²) < 4.78 is 1.37. The number of carbonyl (C=O) groups excluding carboxylic acids is 2. The number of piperazine rings is 1. The number of imide groups is 1. The summed E-state index contributed by atoms with van der Waals surface area (Å²) in [5.74, 6) is -1.82. The van der Waals surface area contributed by atoms with Gasteiger partial charge < -0.3 is 5.11 Å². The topological polar surface area (TPSA) is 117 Å². The fourth-order valence-corrected chi connectivity index (χ4v) is 1.78. The zero-order chi connectivity index (χ0) is 14.0. The summed E-state index contributed by atoms with van der Waals surface area (Å²) in [5.41, 5.74) is -0.138. The summed E-state index contributed by atoms with van der Waals surface area (Å²) >= 11 is 0. The maximum Gasteiger partial charge on any atom is 0.358 e. The third-order valence-electron chi connectivity index (χ3n) is 2.91. The number of amides is 2. The molecule has 102 valence electrons. The number of nitrogens with zero attached hydrogens (tertiary/aromatic N) is 4. The van der Waals surface area contributed by atoms with E-state index < -0.39 is 12.0 Å². The summed E-state index contributed by atoms with van der Waals surface area (Å²) in [7, 11) is 0. The lowest BCUT2D eigenvalue weighted by Crippen LogP contribution is -2.57. The fourth-order valence-electron chi connectivity index (χ4n) is 1.78. The molecule has 2 heterocycles. The van der Waals surface area contributed by atoms with E-state index in [0.29, 0.717) is 13.1 Å². The van der Waals surface area contributed by atoms with Crippen LogP contribution < -0.4 is 5.32 Å². The van der Waals surface area contributed by atoms with Crippen LogP contribution in [0.5, 0.6) is 0 Å². The average molecular weight is 267 g/mol. The largest absolute Gasteiger partial charge is 0.476 e. The molecule has 1 aromatic rings. The SMILES string of the molecule is CC1C(=O)NC(=O)CN1CCn1cc(C(=O)O)nn1. The summed E-state index contributed by atoms with van der Waals surface area (Å²) in [6, 6.07) is -0.403. The van der Waals surface area contributed by atoms with E-state index in [4.69, 9.17) is 5.11 Å². The third kappa shape index (κ3) is 2.94. The number of carboxylic acid groups (broad SMARTS) is 1. The molecule has 1 unspecified atom stereocenters. The number of aromatic carboxylic acids is 1. The second-order valence-electron chi connectivity index (χ2n) is 4.23. The molecule has 9 nitrogen and oxygen atoms in total. The van der Waals surface area contributed by atoms with Crippen molar-refractivity contribution >= 4 is 17.8 Å². The number of hydrogen-bond acceptors (Lipinski definition) is 6. The summed E-state index contributed by atoms with van der Waals surface area (Å²) in [4.78, 5) is 35.0. The molecule has 0 aromatic carbocycles. The van der Waals surface area contributed by atoms with Gasteiger partial charge in [-0.25, -0.2) is 4.79 Å². The van der Waals surface area contributed by atoms with Gasteiger partial charge in [0, 0.05) is 6.54 Å². The molecule has 1 aromatic heterocycles. The van der Waals surface area contributed by atoms with E-state index in [1.807, 2.05) is 0 Å². The van der Waals surface area contributed by atoms with Gasteiger partial charge >= 0.3 is 5.97 Å². The lowest BCUT2D eigenvalue weighted by Gasteiger charge is -2.31. The molecule has 0 spiro atoms. The maximum atomic E-state index is 11.4. The van der Waals surface area contributed by atoms with Crippen LogP contribution >= 0.6 is 0 Å². The predicted molar refractivity (Wildman–Crippen MR) is 61.2 cm³/mol. The highest BCUT2D eigenvalue weighted by Gasteiger charge is 2.29. The minimum atomic E-state index is -1.15. The first-order chi connectivity index (χ1) is 8.97. The van der Waals surface area contributed by atoms with Crippen LogP contribution in [-0.4, -0.2) is 61.9 Å². The smallest absolute Gasteiger partial charge is 0.358 e. The molecule has 9 heteroatoms. The first-order valence-corrected chi connectivity index (χ1v) is 5.68. The minimum absolute atomic E-state index is 0.132. The molecule has 1 aliphatic rings. The first-order valence-electron chi connectivity index (χ1n) is 5.68. The van der Waals surface area contributed by atoms with Crippen LogP contribution in [0.15, 0.2) is 6.20 Å². The van der Waals surface area contributed by atoms with E-state index in [9.17, 15) is 14.4 Å². The van der Waals surface area contributed by atoms with E-state index >= 15 is 0 Å². The highest BCUT2D eigenvalue weighted by molar-refractivity contribution is 6.00. The molecule has 1 aliphatic heterocycles. The van der Waals surface area contributed by atoms with Gasteiger partial charge in [-0.2, -0.15) is 0 Å². The second kappa shape index (κ2) is 5.14. The average Bonchev–Trinajstić information content (AvgIpc) is 2.81. The third-order valence-corrected chi connectivity index (χ3v) is 2.91. The van der Waals surface area contributed by atoms with Crippen molar-refractivity contribution in [2.24, 2.45) is 0 Å². The predicted octanol–water partition coefficient (Wildman–Crippen LogP) is -1.68. The van der Waals surface area contributed by atoms with Crippen LogP contribution in [0.3, 0.4) is 0 Å². The molecule has 19 heavy (non-hydrogen) atoms. The number of aromatic nitrogens is 3. The van der Waals surface area contributed by atoms with Crippen molar-refractivity contribution in [3.8, 4) is 0 Å². The van der Waals surface area contributed by atoms with Gasteiger partial charge in [0.1, 0.15) is 0 Å². The van der Waals surface area contributed by atoms with E-state index in [-0.39, 0.29) is 24.1 Å². The van der Waals surface area contributed by atoms with E-state index in [0.717, 1.165) is 0 Å². The molecule has 0 bridgehead atoms. The van der Waals surface area contributed by atoms with Gasteiger partial charge in [0.25, 0.3) is 0 Å². The van der Waals surface area contributed by atoms with Crippen LogP contribution in [0.2, 0.25) is 0 Å². The number of nitrogens with one attached hydrogen (secondary N) is 1. The van der Waals surface area contributed by atoms with Gasteiger partial charge in [-0.15, -0.1) is 5.10 Å². The van der Waals surface area contributed by atoms with Crippen molar-refractivity contribution in [3.05, 3.63) is 11.9 Å². The normalized spacial score (nSPS) is 20.4. The number of carboxylic acids is 1. The van der Waals surface area contributed by atoms with Crippen molar-refractivity contribution in [1.29, 1.82) is 0 Å². The maximum absolute atomic E-state index is 11.4. The van der Waals surface area contributed by atoms with Gasteiger partial charge in [0.05, 0.1) is 25.3 Å².